The molecule has 2 fully saturated rings. The van der Waals surface area contributed by atoms with E-state index >= 15 is 0 Å². The molecular formula is C28H38N4O4. The number of nitrogens with zero attached hydrogens (tertiary/aromatic N) is 4. The highest BCUT2D eigenvalue weighted by molar-refractivity contribution is 5.81. The zero-order valence-electron chi connectivity index (χ0n) is 21.4. The van der Waals surface area contributed by atoms with E-state index in [1.807, 2.05) is 4.90 Å². The highest BCUT2D eigenvalue weighted by atomic mass is 16.5. The van der Waals surface area contributed by atoms with Gasteiger partial charge < -0.3 is 24.2 Å². The molecule has 0 spiro atoms. The van der Waals surface area contributed by atoms with E-state index in [1.165, 1.54) is 11.1 Å². The van der Waals surface area contributed by atoms with Gasteiger partial charge in [-0.15, -0.1) is 0 Å². The van der Waals surface area contributed by atoms with Gasteiger partial charge in [0.2, 0.25) is 5.91 Å². The topological polar surface area (TPSA) is 91.9 Å². The number of likely N-dealkylation sites (tertiary alicyclic amines) is 1. The lowest BCUT2D eigenvalue weighted by Crippen LogP contribution is -2.35. The monoisotopic (exact) mass is 494 g/mol. The Balaban J connectivity index is 1.06. The summed E-state index contributed by atoms with van der Waals surface area (Å²) >= 11 is 0. The normalized spacial score (nSPS) is 23.3. The van der Waals surface area contributed by atoms with Gasteiger partial charge in [-0.1, -0.05) is 37.2 Å². The number of hydrogen-bond acceptors (Lipinski definition) is 7. The summed E-state index contributed by atoms with van der Waals surface area (Å²) in [5.74, 6) is 2.70. The fraction of sp³-hybridized carbons (Fsp3) is 0.607. The Morgan fingerprint density at radius 2 is 1.92 bits per heavy atom. The van der Waals surface area contributed by atoms with Crippen LogP contribution in [0.2, 0.25) is 0 Å². The number of carbonyl (C=O) groups is 1. The first kappa shape index (κ1) is 24.8. The largest absolute Gasteiger partial charge is 0.493 e. The van der Waals surface area contributed by atoms with Crippen molar-refractivity contribution < 1.29 is 19.2 Å². The molecule has 1 amide bonds. The molecule has 2 atom stereocenters. The number of anilines is 1. The van der Waals surface area contributed by atoms with Crippen molar-refractivity contribution >= 4 is 17.5 Å². The van der Waals surface area contributed by atoms with Crippen LogP contribution in [0.25, 0.3) is 5.57 Å². The van der Waals surface area contributed by atoms with Crippen molar-refractivity contribution in [2.45, 2.75) is 64.4 Å². The number of piperidine rings is 1. The molecule has 1 N–H and O–H groups in total. The number of benzene rings is 1. The molecule has 1 aliphatic carbocycles. The second-order valence-electron chi connectivity index (χ2n) is 10.8. The summed E-state index contributed by atoms with van der Waals surface area (Å²) in [5.41, 5.74) is 2.51. The van der Waals surface area contributed by atoms with Gasteiger partial charge in [0.15, 0.2) is 5.82 Å². The molecule has 8 nitrogen and oxygen atoms in total. The molecule has 2 aromatic rings. The molecule has 1 unspecified atom stereocenters. The molecule has 0 saturated carbocycles. The van der Waals surface area contributed by atoms with E-state index in [9.17, 15) is 9.90 Å². The molecule has 0 radical (unpaired) electrons. The van der Waals surface area contributed by atoms with Crippen molar-refractivity contribution in [3.05, 3.63) is 41.7 Å². The van der Waals surface area contributed by atoms with Crippen LogP contribution in [0.15, 0.2) is 34.9 Å². The molecule has 5 rings (SSSR count). The molecule has 0 bridgehead atoms. The van der Waals surface area contributed by atoms with Gasteiger partial charge in [-0.25, -0.2) is 0 Å². The number of carbonyl (C=O) groups excluding carboxylic acids is 1. The van der Waals surface area contributed by atoms with Crippen LogP contribution in [0.5, 0.6) is 5.75 Å². The Morgan fingerprint density at radius 1 is 1.14 bits per heavy atom. The summed E-state index contributed by atoms with van der Waals surface area (Å²) < 4.78 is 11.6. The van der Waals surface area contributed by atoms with Gasteiger partial charge in [0, 0.05) is 38.0 Å². The van der Waals surface area contributed by atoms with E-state index in [-0.39, 0.29) is 23.8 Å². The molecule has 3 aliphatic rings. The lowest BCUT2D eigenvalue weighted by Gasteiger charge is -2.30. The average Bonchev–Trinajstić information content (AvgIpc) is 3.58. The van der Waals surface area contributed by atoms with Crippen LogP contribution in [0, 0.1) is 11.8 Å². The average molecular weight is 495 g/mol. The molecule has 1 aromatic carbocycles. The molecule has 3 heterocycles. The van der Waals surface area contributed by atoms with Crippen molar-refractivity contribution in [1.82, 2.24) is 15.0 Å². The molecule has 2 saturated heterocycles. The van der Waals surface area contributed by atoms with E-state index in [0.29, 0.717) is 38.0 Å². The summed E-state index contributed by atoms with van der Waals surface area (Å²) in [4.78, 5) is 21.2. The second-order valence-corrected chi connectivity index (χ2v) is 10.8. The van der Waals surface area contributed by atoms with Crippen LogP contribution >= 0.6 is 0 Å². The summed E-state index contributed by atoms with van der Waals surface area (Å²) in [5, 5.41) is 13.8. The number of β-amino-alcohol motifs (C(OH)–C–C–N with tert-alkyl or cyclic N) is 1. The lowest BCUT2D eigenvalue weighted by molar-refractivity contribution is -0.135. The Morgan fingerprint density at radius 3 is 2.53 bits per heavy atom. The van der Waals surface area contributed by atoms with Crippen molar-refractivity contribution in [3.63, 3.8) is 0 Å². The predicted octanol–water partition coefficient (Wildman–Crippen LogP) is 4.27. The number of ether oxygens (including phenoxy) is 1. The van der Waals surface area contributed by atoms with Crippen LogP contribution in [-0.4, -0.2) is 64.9 Å². The molecule has 194 valence electrons. The number of allylic oxidation sites excluding steroid dienone is 2. The summed E-state index contributed by atoms with van der Waals surface area (Å²) in [6, 6.07) is 9.01. The minimum Gasteiger partial charge on any atom is -0.493 e. The zero-order valence-corrected chi connectivity index (χ0v) is 21.4. The third-order valence-corrected chi connectivity index (χ3v) is 7.78. The van der Waals surface area contributed by atoms with Crippen LogP contribution in [0.4, 0.5) is 6.01 Å². The maximum absolute atomic E-state index is 12.7. The highest BCUT2D eigenvalue weighted by Crippen LogP contribution is 2.33. The fourth-order valence-electron chi connectivity index (χ4n) is 5.38. The van der Waals surface area contributed by atoms with Crippen molar-refractivity contribution in [2.24, 2.45) is 11.8 Å². The Kier molecular flexibility index (Phi) is 7.60. The van der Waals surface area contributed by atoms with Gasteiger partial charge in [0.25, 0.3) is 0 Å². The molecule has 2 aliphatic heterocycles. The SMILES string of the molecule is CC(C)c1noc(N2CCC(COc3ccc(C4=CCC(C(=O)N5CC[C@H](O)C5)CC4)cc3)CC2)n1. The van der Waals surface area contributed by atoms with E-state index < -0.39 is 0 Å². The van der Waals surface area contributed by atoms with Gasteiger partial charge in [0.05, 0.1) is 12.7 Å². The predicted molar refractivity (Wildman–Crippen MR) is 138 cm³/mol. The van der Waals surface area contributed by atoms with Crippen LogP contribution in [0.3, 0.4) is 0 Å². The minimum atomic E-state index is -0.355. The van der Waals surface area contributed by atoms with Gasteiger partial charge in [-0.05, 0) is 67.7 Å². The first-order valence-electron chi connectivity index (χ1n) is 13.4. The third-order valence-electron chi connectivity index (χ3n) is 7.78. The third kappa shape index (κ3) is 5.75. The van der Waals surface area contributed by atoms with Crippen LogP contribution in [-0.2, 0) is 4.79 Å². The molecule has 36 heavy (non-hydrogen) atoms. The Hall–Kier alpha value is -2.87. The quantitative estimate of drug-likeness (QED) is 0.615. The smallest absolute Gasteiger partial charge is 0.324 e. The summed E-state index contributed by atoms with van der Waals surface area (Å²) in [6.45, 7) is 7.84. The number of aromatic nitrogens is 2. The van der Waals surface area contributed by atoms with Crippen molar-refractivity contribution in [1.29, 1.82) is 0 Å². The van der Waals surface area contributed by atoms with Crippen molar-refractivity contribution in [3.8, 4) is 5.75 Å². The minimum absolute atomic E-state index is 0.0464. The van der Waals surface area contributed by atoms with Gasteiger partial charge in [-0.2, -0.15) is 4.98 Å². The first-order chi connectivity index (χ1) is 17.5. The molecular weight excluding hydrogens is 456 g/mol. The van der Waals surface area contributed by atoms with Gasteiger partial charge in [0.1, 0.15) is 5.75 Å². The maximum Gasteiger partial charge on any atom is 0.324 e. The summed E-state index contributed by atoms with van der Waals surface area (Å²) in [7, 11) is 0. The first-order valence-corrected chi connectivity index (χ1v) is 13.4. The van der Waals surface area contributed by atoms with E-state index in [4.69, 9.17) is 9.26 Å². The van der Waals surface area contributed by atoms with Gasteiger partial charge in [-0.3, -0.25) is 4.79 Å². The Labute approximate surface area is 213 Å². The van der Waals surface area contributed by atoms with E-state index in [0.717, 1.165) is 56.8 Å². The number of rotatable bonds is 7. The summed E-state index contributed by atoms with van der Waals surface area (Å²) in [6.07, 6.45) is 7.21. The molecule has 1 aromatic heterocycles. The van der Waals surface area contributed by atoms with Gasteiger partial charge >= 0.3 is 6.01 Å². The van der Waals surface area contributed by atoms with Crippen LogP contribution < -0.4 is 9.64 Å². The number of amides is 1. The highest BCUT2D eigenvalue weighted by Gasteiger charge is 2.31. The van der Waals surface area contributed by atoms with E-state index in [2.05, 4.69) is 59.2 Å². The second kappa shape index (κ2) is 11.0. The number of aliphatic hydroxyl groups excluding tert-OH is 1. The lowest BCUT2D eigenvalue weighted by atomic mass is 9.86. The number of aliphatic hydroxyl groups is 1. The standard InChI is InChI=1S/C28H38N4O4/c1-19(2)26-29-28(36-30-26)31-14-11-20(12-15-31)18-35-25-9-7-22(8-10-25)21-3-5-23(6-4-21)27(34)32-16-13-24(33)17-32/h3,7-10,19-20,23-24,33H,4-6,11-18H2,1-2H3/t23?,24-/m0/s1. The van der Waals surface area contributed by atoms with Crippen LogP contribution in [0.1, 0.15) is 69.7 Å². The van der Waals surface area contributed by atoms with E-state index in [1.54, 1.807) is 0 Å². The Bertz CT molecular complexity index is 1060. The maximum atomic E-state index is 12.7. The fourth-order valence-corrected chi connectivity index (χ4v) is 5.38. The van der Waals surface area contributed by atoms with Crippen molar-refractivity contribution in [2.75, 3.05) is 37.7 Å². The number of hydrogen-bond donors (Lipinski definition) is 1. The zero-order chi connectivity index (χ0) is 25.1. The molecule has 8 heteroatoms.